The fraction of sp³-hybridized carbons (Fsp3) is 0.357. The monoisotopic (exact) mass is 259 g/mol. The van der Waals surface area contributed by atoms with Gasteiger partial charge < -0.3 is 14.8 Å². The van der Waals surface area contributed by atoms with E-state index in [1.807, 2.05) is 37.6 Å². The van der Waals surface area contributed by atoms with Crippen LogP contribution in [-0.4, -0.2) is 23.0 Å². The van der Waals surface area contributed by atoms with E-state index < -0.39 is 0 Å². The molecule has 0 unspecified atom stereocenters. The average Bonchev–Trinajstić information content (AvgIpc) is 2.70. The first kappa shape index (κ1) is 11.9. The number of hydrogen-bond donors (Lipinski definition) is 1. The molecule has 0 spiro atoms. The van der Waals surface area contributed by atoms with Crippen LogP contribution in [0.25, 0.3) is 0 Å². The Kier molecular flexibility index (Phi) is 3.27. The minimum absolute atomic E-state index is 0.707. The van der Waals surface area contributed by atoms with Crippen LogP contribution in [0.5, 0.6) is 11.5 Å². The molecule has 1 aliphatic rings. The Morgan fingerprint density at radius 3 is 2.89 bits per heavy atom. The van der Waals surface area contributed by atoms with Crippen molar-refractivity contribution in [1.82, 2.24) is 9.78 Å². The molecule has 1 aromatic carbocycles. The highest BCUT2D eigenvalue weighted by atomic mass is 16.5. The third-order valence-electron chi connectivity index (χ3n) is 3.00. The van der Waals surface area contributed by atoms with Crippen LogP contribution in [0, 0.1) is 0 Å². The van der Waals surface area contributed by atoms with Gasteiger partial charge in [-0.15, -0.1) is 0 Å². The van der Waals surface area contributed by atoms with Gasteiger partial charge in [0.1, 0.15) is 0 Å². The summed E-state index contributed by atoms with van der Waals surface area (Å²) >= 11 is 0. The second-order valence-electron chi connectivity index (χ2n) is 4.59. The standard InChI is InChI=1S/C14H17N3O2/c1-17-10-11(9-16-17)8-15-12-3-4-13-14(7-12)19-6-2-5-18-13/h3-4,7,9-10,15H,2,5-6,8H2,1H3. The van der Waals surface area contributed by atoms with Crippen LogP contribution in [0.4, 0.5) is 5.69 Å². The second-order valence-corrected chi connectivity index (χ2v) is 4.59. The quantitative estimate of drug-likeness (QED) is 0.918. The first-order valence-corrected chi connectivity index (χ1v) is 6.42. The second kappa shape index (κ2) is 5.22. The molecule has 0 radical (unpaired) electrons. The largest absolute Gasteiger partial charge is 0.490 e. The fourth-order valence-corrected chi connectivity index (χ4v) is 2.04. The van der Waals surface area contributed by atoms with E-state index in [1.165, 1.54) is 0 Å². The molecule has 0 amide bonds. The molecule has 2 aromatic rings. The molecule has 0 saturated carbocycles. The van der Waals surface area contributed by atoms with Crippen LogP contribution in [-0.2, 0) is 13.6 Å². The molecule has 100 valence electrons. The van der Waals surface area contributed by atoms with E-state index in [1.54, 1.807) is 4.68 Å². The van der Waals surface area contributed by atoms with E-state index in [4.69, 9.17) is 9.47 Å². The van der Waals surface area contributed by atoms with Gasteiger partial charge in [-0.1, -0.05) is 0 Å². The predicted molar refractivity (Wildman–Crippen MR) is 72.6 cm³/mol. The van der Waals surface area contributed by atoms with Gasteiger partial charge in [-0.3, -0.25) is 4.68 Å². The topological polar surface area (TPSA) is 48.3 Å². The van der Waals surface area contributed by atoms with Crippen molar-refractivity contribution >= 4 is 5.69 Å². The minimum atomic E-state index is 0.707. The Morgan fingerprint density at radius 2 is 2.11 bits per heavy atom. The average molecular weight is 259 g/mol. The molecule has 2 heterocycles. The molecule has 19 heavy (non-hydrogen) atoms. The fourth-order valence-electron chi connectivity index (χ4n) is 2.04. The number of nitrogens with zero attached hydrogens (tertiary/aromatic N) is 2. The minimum Gasteiger partial charge on any atom is -0.490 e. The summed E-state index contributed by atoms with van der Waals surface area (Å²) in [5.41, 5.74) is 2.17. The third kappa shape index (κ3) is 2.81. The van der Waals surface area contributed by atoms with Gasteiger partial charge in [0.2, 0.25) is 0 Å². The molecule has 0 aliphatic carbocycles. The maximum absolute atomic E-state index is 5.66. The van der Waals surface area contributed by atoms with Gasteiger partial charge in [-0.25, -0.2) is 0 Å². The van der Waals surface area contributed by atoms with E-state index in [-0.39, 0.29) is 0 Å². The summed E-state index contributed by atoms with van der Waals surface area (Å²) in [7, 11) is 1.91. The van der Waals surface area contributed by atoms with Crippen molar-refractivity contribution in [3.63, 3.8) is 0 Å². The first-order chi connectivity index (χ1) is 9.31. The smallest absolute Gasteiger partial charge is 0.163 e. The molecule has 1 aliphatic heterocycles. The van der Waals surface area contributed by atoms with Gasteiger partial charge in [0.05, 0.1) is 19.4 Å². The Hall–Kier alpha value is -2.17. The van der Waals surface area contributed by atoms with Crippen LogP contribution in [0.3, 0.4) is 0 Å². The number of rotatable bonds is 3. The first-order valence-electron chi connectivity index (χ1n) is 6.42. The molecule has 0 atom stereocenters. The van der Waals surface area contributed by atoms with Crippen molar-refractivity contribution in [3.05, 3.63) is 36.2 Å². The Bertz CT molecular complexity index is 566. The van der Waals surface area contributed by atoms with Gasteiger partial charge in [-0.05, 0) is 12.1 Å². The molecular formula is C14H17N3O2. The molecule has 1 N–H and O–H groups in total. The highest BCUT2D eigenvalue weighted by Gasteiger charge is 2.10. The van der Waals surface area contributed by atoms with E-state index in [0.717, 1.165) is 42.3 Å². The lowest BCUT2D eigenvalue weighted by Crippen LogP contribution is -1.99. The van der Waals surface area contributed by atoms with Gasteiger partial charge in [0.25, 0.3) is 0 Å². The zero-order valence-electron chi connectivity index (χ0n) is 10.9. The van der Waals surface area contributed by atoms with E-state index in [9.17, 15) is 0 Å². The number of nitrogens with one attached hydrogen (secondary N) is 1. The lowest BCUT2D eigenvalue weighted by Gasteiger charge is -2.10. The summed E-state index contributed by atoms with van der Waals surface area (Å²) in [6, 6.07) is 5.94. The van der Waals surface area contributed by atoms with Crippen molar-refractivity contribution in [2.45, 2.75) is 13.0 Å². The highest BCUT2D eigenvalue weighted by molar-refractivity contribution is 5.55. The zero-order valence-corrected chi connectivity index (χ0v) is 10.9. The van der Waals surface area contributed by atoms with Crippen LogP contribution in [0.2, 0.25) is 0 Å². The van der Waals surface area contributed by atoms with Gasteiger partial charge in [0, 0.05) is 43.5 Å². The van der Waals surface area contributed by atoms with Crippen LogP contribution < -0.4 is 14.8 Å². The van der Waals surface area contributed by atoms with Gasteiger partial charge >= 0.3 is 0 Å². The van der Waals surface area contributed by atoms with Gasteiger partial charge in [0.15, 0.2) is 11.5 Å². The van der Waals surface area contributed by atoms with Gasteiger partial charge in [-0.2, -0.15) is 5.10 Å². The van der Waals surface area contributed by atoms with E-state index in [2.05, 4.69) is 10.4 Å². The number of fused-ring (bicyclic) bond motifs is 1. The maximum atomic E-state index is 5.66. The lowest BCUT2D eigenvalue weighted by molar-refractivity contribution is 0.297. The lowest BCUT2D eigenvalue weighted by atomic mass is 10.2. The van der Waals surface area contributed by atoms with Crippen LogP contribution >= 0.6 is 0 Å². The Morgan fingerprint density at radius 1 is 1.26 bits per heavy atom. The number of ether oxygens (including phenoxy) is 2. The molecular weight excluding hydrogens is 242 g/mol. The van der Waals surface area contributed by atoms with Crippen molar-refractivity contribution in [2.75, 3.05) is 18.5 Å². The molecule has 0 bridgehead atoms. The number of anilines is 1. The number of aryl methyl sites for hydroxylation is 1. The van der Waals surface area contributed by atoms with Crippen LogP contribution in [0.1, 0.15) is 12.0 Å². The molecule has 1 aromatic heterocycles. The molecule has 0 saturated heterocycles. The van der Waals surface area contributed by atoms with E-state index >= 15 is 0 Å². The van der Waals surface area contributed by atoms with Crippen molar-refractivity contribution in [1.29, 1.82) is 0 Å². The SMILES string of the molecule is Cn1cc(CNc2ccc3c(c2)OCCCO3)cn1. The Labute approximate surface area is 112 Å². The highest BCUT2D eigenvalue weighted by Crippen LogP contribution is 2.32. The number of aromatic nitrogens is 2. The van der Waals surface area contributed by atoms with Crippen molar-refractivity contribution in [3.8, 4) is 11.5 Å². The van der Waals surface area contributed by atoms with Crippen LogP contribution in [0.15, 0.2) is 30.6 Å². The van der Waals surface area contributed by atoms with Crippen molar-refractivity contribution in [2.24, 2.45) is 7.05 Å². The molecule has 5 heteroatoms. The normalized spacial score (nSPS) is 13.9. The predicted octanol–water partition coefficient (Wildman–Crippen LogP) is 2.19. The zero-order chi connectivity index (χ0) is 13.1. The summed E-state index contributed by atoms with van der Waals surface area (Å²) in [6.45, 7) is 2.17. The summed E-state index contributed by atoms with van der Waals surface area (Å²) in [5.74, 6) is 1.64. The molecule has 0 fully saturated rings. The summed E-state index contributed by atoms with van der Waals surface area (Å²) in [6.07, 6.45) is 4.78. The summed E-state index contributed by atoms with van der Waals surface area (Å²) in [5, 5.41) is 7.50. The third-order valence-corrected chi connectivity index (χ3v) is 3.00. The van der Waals surface area contributed by atoms with Crippen molar-refractivity contribution < 1.29 is 9.47 Å². The summed E-state index contributed by atoms with van der Waals surface area (Å²) in [4.78, 5) is 0. The van der Waals surface area contributed by atoms with E-state index in [0.29, 0.717) is 6.61 Å². The summed E-state index contributed by atoms with van der Waals surface area (Å²) < 4.78 is 13.1. The molecule has 3 rings (SSSR count). The number of benzene rings is 1. The Balaban J connectivity index is 1.69. The molecule has 5 nitrogen and oxygen atoms in total. The maximum Gasteiger partial charge on any atom is 0.163 e. The number of hydrogen-bond acceptors (Lipinski definition) is 4.